The molecule has 0 saturated carbocycles. The summed E-state index contributed by atoms with van der Waals surface area (Å²) in [4.78, 5) is 0. The van der Waals surface area contributed by atoms with Crippen LogP contribution in [0.25, 0.3) is 0 Å². The van der Waals surface area contributed by atoms with Gasteiger partial charge in [0.2, 0.25) is 0 Å². The van der Waals surface area contributed by atoms with Crippen molar-refractivity contribution in [3.05, 3.63) is 28.8 Å². The van der Waals surface area contributed by atoms with E-state index in [9.17, 15) is 0 Å². The lowest BCUT2D eigenvalue weighted by molar-refractivity contribution is 0.239. The van der Waals surface area contributed by atoms with E-state index in [4.69, 9.17) is 4.74 Å². The molecule has 1 aromatic rings. The van der Waals surface area contributed by atoms with Gasteiger partial charge in [-0.1, -0.05) is 28.1 Å². The molecule has 0 heterocycles. The van der Waals surface area contributed by atoms with Gasteiger partial charge in [-0.3, -0.25) is 0 Å². The maximum atomic E-state index is 5.80. The van der Waals surface area contributed by atoms with Crippen molar-refractivity contribution < 1.29 is 4.74 Å². The minimum Gasteiger partial charge on any atom is -0.490 e. The summed E-state index contributed by atoms with van der Waals surface area (Å²) in [6, 6.07) is 4.43. The fourth-order valence-corrected chi connectivity index (χ4v) is 2.17. The van der Waals surface area contributed by atoms with Gasteiger partial charge in [0.25, 0.3) is 0 Å². The fourth-order valence-electron chi connectivity index (χ4n) is 1.71. The quantitative estimate of drug-likeness (QED) is 0.751. The van der Waals surface area contributed by atoms with Crippen LogP contribution in [0.15, 0.2) is 12.1 Å². The average Bonchev–Trinajstić information content (AvgIpc) is 2.11. The van der Waals surface area contributed by atoms with Crippen molar-refractivity contribution in [3.63, 3.8) is 0 Å². The largest absolute Gasteiger partial charge is 0.490 e. The maximum Gasteiger partial charge on any atom is 0.125 e. The molecular formula is C13H19BrO. The van der Waals surface area contributed by atoms with Gasteiger partial charge < -0.3 is 4.74 Å². The number of aryl methyl sites for hydroxylation is 3. The van der Waals surface area contributed by atoms with E-state index in [0.29, 0.717) is 0 Å². The van der Waals surface area contributed by atoms with Crippen LogP contribution in [0, 0.1) is 13.8 Å². The summed E-state index contributed by atoms with van der Waals surface area (Å²) in [6.45, 7) is 8.35. The molecule has 0 saturated heterocycles. The lowest BCUT2D eigenvalue weighted by Crippen LogP contribution is -2.08. The number of benzene rings is 1. The van der Waals surface area contributed by atoms with Gasteiger partial charge in [-0.2, -0.15) is 0 Å². The minimum atomic E-state index is 0.240. The first-order chi connectivity index (χ1) is 7.04. The normalized spacial score (nSPS) is 10.8. The first kappa shape index (κ1) is 12.6. The lowest BCUT2D eigenvalue weighted by atomic mass is 10.0. The molecule has 1 rings (SSSR count). The second-order valence-electron chi connectivity index (χ2n) is 4.16. The van der Waals surface area contributed by atoms with E-state index in [1.54, 1.807) is 0 Å². The van der Waals surface area contributed by atoms with Crippen LogP contribution in [0.4, 0.5) is 0 Å². The van der Waals surface area contributed by atoms with Gasteiger partial charge in [0.1, 0.15) is 5.75 Å². The second-order valence-corrected chi connectivity index (χ2v) is 4.96. The lowest BCUT2D eigenvalue weighted by Gasteiger charge is -2.16. The standard InChI is InChI=1S/C13H19BrO/c1-9(2)15-13-10(3)7-12(5-6-14)8-11(13)4/h7-9H,5-6H2,1-4H3. The maximum absolute atomic E-state index is 5.80. The first-order valence-electron chi connectivity index (χ1n) is 5.37. The Morgan fingerprint density at radius 2 is 1.73 bits per heavy atom. The van der Waals surface area contributed by atoms with E-state index < -0.39 is 0 Å². The highest BCUT2D eigenvalue weighted by Gasteiger charge is 2.07. The van der Waals surface area contributed by atoms with Crippen LogP contribution in [-0.4, -0.2) is 11.4 Å². The zero-order valence-electron chi connectivity index (χ0n) is 9.93. The molecule has 2 heteroatoms. The number of halogens is 1. The summed E-state index contributed by atoms with van der Waals surface area (Å²) in [5.74, 6) is 1.04. The molecule has 0 amide bonds. The van der Waals surface area contributed by atoms with Crippen LogP contribution in [-0.2, 0) is 6.42 Å². The third-order valence-electron chi connectivity index (χ3n) is 2.26. The van der Waals surface area contributed by atoms with Crippen LogP contribution < -0.4 is 4.74 Å². The Labute approximate surface area is 101 Å². The van der Waals surface area contributed by atoms with Crippen molar-refractivity contribution in [2.24, 2.45) is 0 Å². The van der Waals surface area contributed by atoms with Crippen LogP contribution in [0.2, 0.25) is 0 Å². The predicted octanol–water partition coefficient (Wildman–Crippen LogP) is 4.03. The van der Waals surface area contributed by atoms with E-state index in [-0.39, 0.29) is 6.10 Å². The zero-order valence-corrected chi connectivity index (χ0v) is 11.5. The molecule has 0 radical (unpaired) electrons. The van der Waals surface area contributed by atoms with Crippen molar-refractivity contribution in [1.29, 1.82) is 0 Å². The topological polar surface area (TPSA) is 9.23 Å². The molecule has 0 aliphatic heterocycles. The minimum absolute atomic E-state index is 0.240. The SMILES string of the molecule is Cc1cc(CCBr)cc(C)c1OC(C)C. The molecule has 1 nitrogen and oxygen atoms in total. The number of rotatable bonds is 4. The molecule has 1 aromatic carbocycles. The number of alkyl halides is 1. The first-order valence-corrected chi connectivity index (χ1v) is 6.49. The Bertz CT molecular complexity index is 308. The summed E-state index contributed by atoms with van der Waals surface area (Å²) in [5, 5.41) is 1.01. The number of hydrogen-bond acceptors (Lipinski definition) is 1. The molecule has 0 N–H and O–H groups in total. The van der Waals surface area contributed by atoms with Gasteiger partial charge in [-0.15, -0.1) is 0 Å². The Hall–Kier alpha value is -0.500. The summed E-state index contributed by atoms with van der Waals surface area (Å²) in [6.07, 6.45) is 1.31. The van der Waals surface area contributed by atoms with Crippen LogP contribution in [0.1, 0.15) is 30.5 Å². The van der Waals surface area contributed by atoms with Crippen LogP contribution >= 0.6 is 15.9 Å². The van der Waals surface area contributed by atoms with Crippen molar-refractivity contribution in [2.45, 2.75) is 40.2 Å². The molecular weight excluding hydrogens is 252 g/mol. The van der Waals surface area contributed by atoms with E-state index in [1.807, 2.05) is 0 Å². The van der Waals surface area contributed by atoms with Gasteiger partial charge in [0, 0.05) is 5.33 Å². The Kier molecular flexibility index (Phi) is 4.65. The second kappa shape index (κ2) is 5.55. The van der Waals surface area contributed by atoms with E-state index in [2.05, 4.69) is 55.8 Å². The van der Waals surface area contributed by atoms with Crippen molar-refractivity contribution in [1.82, 2.24) is 0 Å². The Morgan fingerprint density at radius 1 is 1.20 bits per heavy atom. The van der Waals surface area contributed by atoms with Crippen molar-refractivity contribution in [2.75, 3.05) is 5.33 Å². The molecule has 0 bridgehead atoms. The van der Waals surface area contributed by atoms with E-state index in [1.165, 1.54) is 16.7 Å². The van der Waals surface area contributed by atoms with Gasteiger partial charge in [0.05, 0.1) is 6.10 Å². The summed E-state index contributed by atoms with van der Waals surface area (Å²) < 4.78 is 5.80. The number of ether oxygens (including phenoxy) is 1. The monoisotopic (exact) mass is 270 g/mol. The molecule has 0 spiro atoms. The third-order valence-corrected chi connectivity index (χ3v) is 2.65. The predicted molar refractivity (Wildman–Crippen MR) is 69.2 cm³/mol. The zero-order chi connectivity index (χ0) is 11.4. The Morgan fingerprint density at radius 3 is 2.13 bits per heavy atom. The molecule has 0 aliphatic rings. The Balaban J connectivity index is 2.98. The van der Waals surface area contributed by atoms with E-state index >= 15 is 0 Å². The highest BCUT2D eigenvalue weighted by molar-refractivity contribution is 9.09. The highest BCUT2D eigenvalue weighted by atomic mass is 79.9. The van der Waals surface area contributed by atoms with Crippen molar-refractivity contribution in [3.8, 4) is 5.75 Å². The van der Waals surface area contributed by atoms with Crippen molar-refractivity contribution >= 4 is 15.9 Å². The van der Waals surface area contributed by atoms with Crippen LogP contribution in [0.3, 0.4) is 0 Å². The molecule has 15 heavy (non-hydrogen) atoms. The van der Waals surface area contributed by atoms with Gasteiger partial charge in [-0.05, 0) is 50.8 Å². The summed E-state index contributed by atoms with van der Waals surface area (Å²) >= 11 is 3.46. The molecule has 0 aliphatic carbocycles. The molecule has 0 aromatic heterocycles. The molecule has 0 unspecified atom stereocenters. The molecule has 0 fully saturated rings. The fraction of sp³-hybridized carbons (Fsp3) is 0.538. The summed E-state index contributed by atoms with van der Waals surface area (Å²) in [7, 11) is 0. The van der Waals surface area contributed by atoms with Gasteiger partial charge in [-0.25, -0.2) is 0 Å². The highest BCUT2D eigenvalue weighted by Crippen LogP contribution is 2.26. The van der Waals surface area contributed by atoms with Gasteiger partial charge in [0.15, 0.2) is 0 Å². The molecule has 84 valence electrons. The number of hydrogen-bond donors (Lipinski definition) is 0. The third kappa shape index (κ3) is 3.53. The van der Waals surface area contributed by atoms with E-state index in [0.717, 1.165) is 17.5 Å². The van der Waals surface area contributed by atoms with Crippen LogP contribution in [0.5, 0.6) is 5.75 Å². The average molecular weight is 271 g/mol. The molecule has 0 atom stereocenters. The summed E-state index contributed by atoms with van der Waals surface area (Å²) in [5.41, 5.74) is 3.84. The smallest absolute Gasteiger partial charge is 0.125 e. The van der Waals surface area contributed by atoms with Gasteiger partial charge >= 0.3 is 0 Å².